The smallest absolute Gasteiger partial charge is 0.335 e. The number of nitrogens with one attached hydrogen (secondary N) is 2. The second-order valence-corrected chi connectivity index (χ2v) is 12.5. The van der Waals surface area contributed by atoms with Crippen LogP contribution in [-0.2, 0) is 16.1 Å². The Morgan fingerprint density at radius 1 is 0.977 bits per heavy atom. The number of carbonyl (C=O) groups is 4. The van der Waals surface area contributed by atoms with Crippen LogP contribution in [0.15, 0.2) is 48.5 Å². The van der Waals surface area contributed by atoms with Gasteiger partial charge in [-0.25, -0.2) is 4.79 Å². The van der Waals surface area contributed by atoms with E-state index in [0.29, 0.717) is 50.3 Å². The normalized spacial score (nSPS) is 21.6. The fourth-order valence-corrected chi connectivity index (χ4v) is 6.96. The number of benzene rings is 2. The summed E-state index contributed by atoms with van der Waals surface area (Å²) in [6, 6.07) is 12.5. The molecule has 2 saturated heterocycles. The number of aliphatic hydroxyl groups is 1. The van der Waals surface area contributed by atoms with E-state index in [1.54, 1.807) is 4.90 Å². The van der Waals surface area contributed by atoms with E-state index in [1.165, 1.54) is 24.3 Å². The van der Waals surface area contributed by atoms with Crippen LogP contribution in [-0.4, -0.2) is 81.0 Å². The zero-order valence-corrected chi connectivity index (χ0v) is 25.5. The highest BCUT2D eigenvalue weighted by molar-refractivity contribution is 6.04. The Kier molecular flexibility index (Phi) is 10.0. The van der Waals surface area contributed by atoms with E-state index in [9.17, 15) is 24.3 Å². The lowest BCUT2D eigenvalue weighted by Gasteiger charge is -2.52. The largest absolute Gasteiger partial charge is 0.478 e. The van der Waals surface area contributed by atoms with Gasteiger partial charge in [0.1, 0.15) is 11.6 Å². The summed E-state index contributed by atoms with van der Waals surface area (Å²) in [5, 5.41) is 26.0. The van der Waals surface area contributed by atoms with Gasteiger partial charge in [0.05, 0.1) is 11.7 Å². The summed E-state index contributed by atoms with van der Waals surface area (Å²) in [6.07, 6.45) is 7.00. The van der Waals surface area contributed by atoms with E-state index in [4.69, 9.17) is 5.11 Å². The van der Waals surface area contributed by atoms with Crippen LogP contribution in [0.2, 0.25) is 0 Å². The quantitative estimate of drug-likeness (QED) is 0.321. The van der Waals surface area contributed by atoms with Crippen molar-refractivity contribution in [2.24, 2.45) is 5.92 Å². The topological polar surface area (TPSA) is 139 Å². The second kappa shape index (κ2) is 13.9. The number of piperazine rings is 1. The third-order valence-corrected chi connectivity index (χ3v) is 9.66. The number of carbonyl (C=O) groups excluding carboxylic acids is 3. The highest BCUT2D eigenvalue weighted by Crippen LogP contribution is 2.36. The molecule has 0 radical (unpaired) electrons. The number of likely N-dealkylation sites (tertiary alicyclic amines) is 1. The minimum atomic E-state index is -1.04. The molecule has 236 valence electrons. The number of carboxylic acids is 1. The Hall–Kier alpha value is -3.76. The maximum atomic E-state index is 13.8. The Labute approximate surface area is 258 Å². The minimum absolute atomic E-state index is 0.0481. The predicted molar refractivity (Wildman–Crippen MR) is 166 cm³/mol. The zero-order valence-electron chi connectivity index (χ0n) is 25.5. The van der Waals surface area contributed by atoms with Gasteiger partial charge in [-0.05, 0) is 80.0 Å². The lowest BCUT2D eigenvalue weighted by atomic mass is 9.78. The SMILES string of the molecule is CCCCN1C(=O)[C@@H]([C@H](O)C2CCCCC2)NC(=O)C12CCN(Cc1ccc(NC(=O)c3ccc(C(=O)O)cc3)cc1)CC2. The van der Waals surface area contributed by atoms with Gasteiger partial charge in [0.2, 0.25) is 11.8 Å². The number of carboxylic acid groups (broad SMARTS) is 1. The van der Waals surface area contributed by atoms with Crippen molar-refractivity contribution in [3.63, 3.8) is 0 Å². The van der Waals surface area contributed by atoms with Crippen molar-refractivity contribution in [1.29, 1.82) is 0 Å². The number of hydrogen-bond acceptors (Lipinski definition) is 6. The number of piperidine rings is 1. The van der Waals surface area contributed by atoms with Crippen LogP contribution in [0.4, 0.5) is 5.69 Å². The van der Waals surface area contributed by atoms with Crippen LogP contribution < -0.4 is 10.6 Å². The molecule has 3 fully saturated rings. The first-order chi connectivity index (χ1) is 21.2. The molecule has 3 amide bonds. The van der Waals surface area contributed by atoms with Gasteiger partial charge >= 0.3 is 5.97 Å². The summed E-state index contributed by atoms with van der Waals surface area (Å²) in [4.78, 5) is 55.3. The van der Waals surface area contributed by atoms with Gasteiger partial charge in [-0.15, -0.1) is 0 Å². The van der Waals surface area contributed by atoms with Crippen molar-refractivity contribution < 1.29 is 29.4 Å². The van der Waals surface area contributed by atoms with E-state index in [0.717, 1.165) is 50.5 Å². The van der Waals surface area contributed by atoms with Gasteiger partial charge in [-0.2, -0.15) is 0 Å². The molecule has 10 heteroatoms. The molecule has 2 aromatic carbocycles. The fraction of sp³-hybridized carbons (Fsp3) is 0.529. The molecule has 1 saturated carbocycles. The van der Waals surface area contributed by atoms with Crippen LogP contribution in [0.1, 0.15) is 91.0 Å². The molecule has 2 aliphatic heterocycles. The Bertz CT molecular complexity index is 1330. The van der Waals surface area contributed by atoms with E-state index in [1.807, 2.05) is 24.3 Å². The standard InChI is InChI=1S/C34H44N4O6/c1-2-3-19-38-31(41)28(29(39)24-7-5-4-6-8-24)36-33(44)34(38)17-20-37(21-18-34)22-23-9-15-27(16-10-23)35-30(40)25-11-13-26(14-12-25)32(42)43/h9-16,24,28-29,39H,2-8,17-22H2,1H3,(H,35,40)(H,36,44)(H,42,43)/t28-,29-/m1/s1. The summed E-state index contributed by atoms with van der Waals surface area (Å²) >= 11 is 0. The predicted octanol–water partition coefficient (Wildman–Crippen LogP) is 4.04. The van der Waals surface area contributed by atoms with Gasteiger partial charge in [-0.1, -0.05) is 44.7 Å². The first-order valence-corrected chi connectivity index (χ1v) is 16.0. The maximum Gasteiger partial charge on any atom is 0.335 e. The average molecular weight is 605 g/mol. The van der Waals surface area contributed by atoms with E-state index >= 15 is 0 Å². The molecule has 5 rings (SSSR count). The number of rotatable bonds is 10. The zero-order chi connectivity index (χ0) is 31.3. The molecule has 44 heavy (non-hydrogen) atoms. The molecule has 10 nitrogen and oxygen atoms in total. The average Bonchev–Trinajstić information content (AvgIpc) is 3.04. The van der Waals surface area contributed by atoms with E-state index in [2.05, 4.69) is 22.5 Å². The van der Waals surface area contributed by atoms with Crippen molar-refractivity contribution in [2.45, 2.75) is 88.9 Å². The molecule has 0 bridgehead atoms. The summed E-state index contributed by atoms with van der Waals surface area (Å²) in [5.41, 5.74) is 1.30. The number of unbranched alkanes of at least 4 members (excludes halogenated alkanes) is 1. The Morgan fingerprint density at radius 3 is 2.23 bits per heavy atom. The first-order valence-electron chi connectivity index (χ1n) is 16.0. The van der Waals surface area contributed by atoms with Crippen molar-refractivity contribution in [2.75, 3.05) is 25.0 Å². The molecule has 1 aliphatic carbocycles. The number of aromatic carboxylic acids is 1. The summed E-state index contributed by atoms with van der Waals surface area (Å²) in [6.45, 7) is 4.59. The summed E-state index contributed by atoms with van der Waals surface area (Å²) < 4.78 is 0. The van der Waals surface area contributed by atoms with Crippen LogP contribution in [0, 0.1) is 5.92 Å². The summed E-state index contributed by atoms with van der Waals surface area (Å²) in [7, 11) is 0. The minimum Gasteiger partial charge on any atom is -0.478 e. The molecule has 0 aromatic heterocycles. The van der Waals surface area contributed by atoms with Crippen molar-refractivity contribution in [1.82, 2.24) is 15.1 Å². The molecule has 4 N–H and O–H groups in total. The van der Waals surface area contributed by atoms with Gasteiger partial charge in [0.25, 0.3) is 5.91 Å². The Balaban J connectivity index is 1.19. The van der Waals surface area contributed by atoms with Crippen LogP contribution in [0.3, 0.4) is 0 Å². The molecule has 1 spiro atoms. The molecule has 2 atom stereocenters. The van der Waals surface area contributed by atoms with Crippen molar-refractivity contribution in [3.8, 4) is 0 Å². The Morgan fingerprint density at radius 2 is 1.61 bits per heavy atom. The van der Waals surface area contributed by atoms with Crippen molar-refractivity contribution >= 4 is 29.4 Å². The molecule has 2 heterocycles. The summed E-state index contributed by atoms with van der Waals surface area (Å²) in [5.74, 6) is -1.59. The first kappa shape index (κ1) is 31.7. The molecule has 3 aliphatic rings. The van der Waals surface area contributed by atoms with E-state index < -0.39 is 23.7 Å². The third kappa shape index (κ3) is 6.81. The molecular weight excluding hydrogens is 560 g/mol. The lowest BCUT2D eigenvalue weighted by Crippen LogP contribution is -2.75. The number of nitrogens with zero attached hydrogens (tertiary/aromatic N) is 2. The van der Waals surface area contributed by atoms with E-state index in [-0.39, 0.29) is 29.2 Å². The van der Waals surface area contributed by atoms with Gasteiger partial charge in [0.15, 0.2) is 0 Å². The molecule has 0 unspecified atom stereocenters. The number of anilines is 1. The molecule has 2 aromatic rings. The number of hydrogen-bond donors (Lipinski definition) is 4. The monoisotopic (exact) mass is 604 g/mol. The van der Waals surface area contributed by atoms with Crippen LogP contribution in [0.25, 0.3) is 0 Å². The second-order valence-electron chi connectivity index (χ2n) is 12.5. The highest BCUT2D eigenvalue weighted by atomic mass is 16.4. The number of aliphatic hydroxyl groups excluding tert-OH is 1. The van der Waals surface area contributed by atoms with Gasteiger partial charge in [0, 0.05) is 37.4 Å². The number of amides is 3. The fourth-order valence-electron chi connectivity index (χ4n) is 6.96. The van der Waals surface area contributed by atoms with Crippen LogP contribution in [0.5, 0.6) is 0 Å². The lowest BCUT2D eigenvalue weighted by molar-refractivity contribution is -0.166. The highest BCUT2D eigenvalue weighted by Gasteiger charge is 2.55. The van der Waals surface area contributed by atoms with Crippen molar-refractivity contribution in [3.05, 3.63) is 65.2 Å². The maximum absolute atomic E-state index is 13.8. The van der Waals surface area contributed by atoms with Gasteiger partial charge < -0.3 is 25.7 Å². The third-order valence-electron chi connectivity index (χ3n) is 9.66. The van der Waals surface area contributed by atoms with Crippen LogP contribution >= 0.6 is 0 Å². The van der Waals surface area contributed by atoms with Gasteiger partial charge in [-0.3, -0.25) is 19.3 Å². The molecular formula is C34H44N4O6.